The molecule has 11 rings (SSSR count). The third-order valence-electron chi connectivity index (χ3n) is 11.8. The van der Waals surface area contributed by atoms with Crippen LogP contribution in [0.2, 0.25) is 0 Å². The molecule has 0 unspecified atom stereocenters. The lowest BCUT2D eigenvalue weighted by molar-refractivity contribution is 1.30. The van der Waals surface area contributed by atoms with Crippen LogP contribution in [0.25, 0.3) is 87.6 Å². The van der Waals surface area contributed by atoms with E-state index in [4.69, 9.17) is 0 Å². The largest absolute Gasteiger partial charge is 0.310 e. The third kappa shape index (κ3) is 6.21. The lowest BCUT2D eigenvalue weighted by atomic mass is 9.84. The molecule has 59 heavy (non-hydrogen) atoms. The number of benzene rings is 11. The zero-order valence-corrected chi connectivity index (χ0v) is 32.5. The molecule has 0 saturated heterocycles. The summed E-state index contributed by atoms with van der Waals surface area (Å²) in [6.07, 6.45) is 0. The summed E-state index contributed by atoms with van der Waals surface area (Å²) in [5.41, 5.74) is 13.1. The van der Waals surface area contributed by atoms with E-state index in [2.05, 4.69) is 241 Å². The summed E-state index contributed by atoms with van der Waals surface area (Å²) in [6, 6.07) is 86.3. The lowest BCUT2D eigenvalue weighted by Gasteiger charge is -2.27. The van der Waals surface area contributed by atoms with Gasteiger partial charge in [-0.1, -0.05) is 194 Å². The predicted octanol–water partition coefficient (Wildman–Crippen LogP) is 16.4. The highest BCUT2D eigenvalue weighted by Crippen LogP contribution is 2.46. The maximum Gasteiger partial charge on any atom is 0.0540 e. The fourth-order valence-electron chi connectivity index (χ4n) is 9.01. The van der Waals surface area contributed by atoms with E-state index in [9.17, 15) is 0 Å². The van der Waals surface area contributed by atoms with Crippen LogP contribution in [-0.2, 0) is 0 Å². The average molecular weight is 750 g/mol. The van der Waals surface area contributed by atoms with Crippen LogP contribution in [0.4, 0.5) is 17.1 Å². The Labute approximate surface area is 344 Å². The van der Waals surface area contributed by atoms with Crippen molar-refractivity contribution in [1.82, 2.24) is 0 Å². The first-order valence-corrected chi connectivity index (χ1v) is 20.3. The molecule has 0 aromatic heterocycles. The van der Waals surface area contributed by atoms with Gasteiger partial charge < -0.3 is 4.90 Å². The summed E-state index contributed by atoms with van der Waals surface area (Å²) >= 11 is 0. The molecule has 0 heterocycles. The van der Waals surface area contributed by atoms with Crippen molar-refractivity contribution in [2.45, 2.75) is 0 Å². The van der Waals surface area contributed by atoms with Crippen LogP contribution in [0.15, 0.2) is 237 Å². The Morgan fingerprint density at radius 2 is 0.729 bits per heavy atom. The van der Waals surface area contributed by atoms with Gasteiger partial charge >= 0.3 is 0 Å². The van der Waals surface area contributed by atoms with Crippen LogP contribution in [0.5, 0.6) is 0 Å². The smallest absolute Gasteiger partial charge is 0.0540 e. The van der Waals surface area contributed by atoms with E-state index >= 15 is 0 Å². The van der Waals surface area contributed by atoms with E-state index in [0.29, 0.717) is 0 Å². The van der Waals surface area contributed by atoms with Gasteiger partial charge in [0.1, 0.15) is 0 Å². The maximum absolute atomic E-state index is 2.41. The van der Waals surface area contributed by atoms with Crippen LogP contribution in [-0.4, -0.2) is 0 Å². The molecular formula is C58H39N. The molecule has 0 fully saturated rings. The fraction of sp³-hybridized carbons (Fsp3) is 0. The predicted molar refractivity (Wildman–Crippen MR) is 253 cm³/mol. The van der Waals surface area contributed by atoms with Gasteiger partial charge in [-0.3, -0.25) is 0 Å². The first kappa shape index (κ1) is 34.5. The van der Waals surface area contributed by atoms with Crippen molar-refractivity contribution in [2.24, 2.45) is 0 Å². The Hall–Kier alpha value is -7.74. The molecule has 1 heteroatoms. The Kier molecular flexibility index (Phi) is 8.56. The highest BCUT2D eigenvalue weighted by molar-refractivity contribution is 6.22. The van der Waals surface area contributed by atoms with Gasteiger partial charge in [0.05, 0.1) is 5.69 Å². The van der Waals surface area contributed by atoms with Crippen LogP contribution in [0, 0.1) is 0 Å². The average Bonchev–Trinajstić information content (AvgIpc) is 3.32. The van der Waals surface area contributed by atoms with Gasteiger partial charge in [-0.15, -0.1) is 0 Å². The van der Waals surface area contributed by atoms with Crippen molar-refractivity contribution < 1.29 is 0 Å². The topological polar surface area (TPSA) is 3.24 Å². The van der Waals surface area contributed by atoms with Crippen molar-refractivity contribution in [2.75, 3.05) is 4.90 Å². The number of hydrogen-bond acceptors (Lipinski definition) is 1. The first-order valence-electron chi connectivity index (χ1n) is 20.3. The molecule has 11 aromatic rings. The molecule has 0 spiro atoms. The fourth-order valence-corrected chi connectivity index (χ4v) is 9.01. The maximum atomic E-state index is 2.41. The van der Waals surface area contributed by atoms with Gasteiger partial charge in [0, 0.05) is 16.8 Å². The van der Waals surface area contributed by atoms with E-state index in [1.54, 1.807) is 0 Å². The molecule has 0 aliphatic carbocycles. The normalized spacial score (nSPS) is 11.4. The molecular weight excluding hydrogens is 711 g/mol. The van der Waals surface area contributed by atoms with Gasteiger partial charge in [-0.05, 0) is 125 Å². The molecule has 11 aromatic carbocycles. The molecule has 0 radical (unpaired) electrons. The van der Waals surface area contributed by atoms with Crippen LogP contribution in [0.1, 0.15) is 0 Å². The van der Waals surface area contributed by atoms with Crippen LogP contribution < -0.4 is 4.90 Å². The van der Waals surface area contributed by atoms with E-state index < -0.39 is 0 Å². The lowest BCUT2D eigenvalue weighted by Crippen LogP contribution is -2.10. The SMILES string of the molecule is c1ccc(-c2c(-c3ccccc3)c3cc(-c4ccc(N(c5cccc(-c6ccc7ccccc7c6)c5)c5cccc6ccccc56)cc4)ccc3c3ccccc23)cc1. The van der Waals surface area contributed by atoms with Gasteiger partial charge in [0.15, 0.2) is 0 Å². The minimum absolute atomic E-state index is 1.10. The van der Waals surface area contributed by atoms with E-state index in [1.807, 2.05) is 0 Å². The Balaban J connectivity index is 1.07. The van der Waals surface area contributed by atoms with Gasteiger partial charge in [-0.25, -0.2) is 0 Å². The Morgan fingerprint density at radius 1 is 0.220 bits per heavy atom. The zero-order valence-electron chi connectivity index (χ0n) is 32.5. The minimum atomic E-state index is 1.10. The Morgan fingerprint density at radius 3 is 1.49 bits per heavy atom. The molecule has 0 aliphatic heterocycles. The van der Waals surface area contributed by atoms with Gasteiger partial charge in [0.2, 0.25) is 0 Å². The molecule has 0 N–H and O–H groups in total. The molecule has 0 saturated carbocycles. The summed E-state index contributed by atoms with van der Waals surface area (Å²) in [5, 5.41) is 9.94. The van der Waals surface area contributed by atoms with Crippen molar-refractivity contribution in [3.8, 4) is 44.5 Å². The van der Waals surface area contributed by atoms with Crippen LogP contribution in [0.3, 0.4) is 0 Å². The van der Waals surface area contributed by atoms with Crippen LogP contribution >= 0.6 is 0 Å². The third-order valence-corrected chi connectivity index (χ3v) is 11.8. The second kappa shape index (κ2) is 14.6. The van der Waals surface area contributed by atoms with Gasteiger partial charge in [-0.2, -0.15) is 0 Å². The van der Waals surface area contributed by atoms with Crippen molar-refractivity contribution >= 4 is 60.2 Å². The quantitative estimate of drug-likeness (QED) is 0.147. The highest BCUT2D eigenvalue weighted by atomic mass is 15.1. The highest BCUT2D eigenvalue weighted by Gasteiger charge is 2.20. The zero-order chi connectivity index (χ0) is 39.1. The summed E-state index contributed by atoms with van der Waals surface area (Å²) in [5.74, 6) is 0. The number of anilines is 3. The number of hydrogen-bond donors (Lipinski definition) is 0. The van der Waals surface area contributed by atoms with E-state index in [1.165, 1.54) is 87.6 Å². The summed E-state index contributed by atoms with van der Waals surface area (Å²) in [6.45, 7) is 0. The second-order valence-corrected chi connectivity index (χ2v) is 15.3. The summed E-state index contributed by atoms with van der Waals surface area (Å²) < 4.78 is 0. The molecule has 0 amide bonds. The van der Waals surface area contributed by atoms with E-state index in [-0.39, 0.29) is 0 Å². The summed E-state index contributed by atoms with van der Waals surface area (Å²) in [7, 11) is 0. The standard InChI is InChI=1S/C58H39N/c1-3-17-43(18-4-1)57-54-27-12-11-26-52(54)53-36-33-48(39-55(53)58(57)44-19-5-2-6-20-44)41-31-34-49(35-32-41)59(56-28-14-22-42-16-9-10-25-51(42)56)50-24-13-23-46(38-50)47-30-29-40-15-7-8-21-45(40)37-47/h1-39H. The molecule has 1 nitrogen and oxygen atoms in total. The number of fused-ring (bicyclic) bond motifs is 5. The van der Waals surface area contributed by atoms with Crippen molar-refractivity contribution in [3.05, 3.63) is 237 Å². The minimum Gasteiger partial charge on any atom is -0.310 e. The molecule has 276 valence electrons. The van der Waals surface area contributed by atoms with Crippen molar-refractivity contribution in [3.63, 3.8) is 0 Å². The van der Waals surface area contributed by atoms with Gasteiger partial charge in [0.25, 0.3) is 0 Å². The first-order chi connectivity index (χ1) is 29.3. The second-order valence-electron chi connectivity index (χ2n) is 15.3. The number of rotatable bonds is 7. The Bertz CT molecular complexity index is 3310. The molecule has 0 atom stereocenters. The number of nitrogens with zero attached hydrogens (tertiary/aromatic N) is 1. The summed E-state index contributed by atoms with van der Waals surface area (Å²) in [4.78, 5) is 2.41. The van der Waals surface area contributed by atoms with E-state index in [0.717, 1.165) is 17.1 Å². The molecule has 0 aliphatic rings. The van der Waals surface area contributed by atoms with Crippen molar-refractivity contribution in [1.29, 1.82) is 0 Å². The monoisotopic (exact) mass is 749 g/mol. The molecule has 0 bridgehead atoms.